The van der Waals surface area contributed by atoms with Crippen molar-refractivity contribution in [3.63, 3.8) is 0 Å². The van der Waals surface area contributed by atoms with Crippen molar-refractivity contribution in [1.82, 2.24) is 10.2 Å². The molecule has 0 aliphatic carbocycles. The SMILES string of the molecule is CN1CCC(NC2CCSCC2)C1c1ccc(F)c(F)c1. The molecule has 21 heavy (non-hydrogen) atoms. The Morgan fingerprint density at radius 3 is 2.62 bits per heavy atom. The lowest BCUT2D eigenvalue weighted by Gasteiger charge is -2.31. The highest BCUT2D eigenvalue weighted by molar-refractivity contribution is 7.99. The van der Waals surface area contributed by atoms with Crippen molar-refractivity contribution in [1.29, 1.82) is 0 Å². The van der Waals surface area contributed by atoms with E-state index >= 15 is 0 Å². The van der Waals surface area contributed by atoms with Crippen LogP contribution in [-0.2, 0) is 0 Å². The van der Waals surface area contributed by atoms with Crippen LogP contribution in [0.2, 0.25) is 0 Å². The minimum absolute atomic E-state index is 0.134. The zero-order valence-electron chi connectivity index (χ0n) is 12.3. The van der Waals surface area contributed by atoms with Gasteiger partial charge in [-0.25, -0.2) is 8.78 Å². The van der Waals surface area contributed by atoms with E-state index in [1.54, 1.807) is 6.07 Å². The molecule has 2 heterocycles. The van der Waals surface area contributed by atoms with E-state index in [0.29, 0.717) is 12.1 Å². The maximum Gasteiger partial charge on any atom is 0.159 e. The fourth-order valence-electron chi connectivity index (χ4n) is 3.47. The van der Waals surface area contributed by atoms with Crippen LogP contribution >= 0.6 is 11.8 Å². The van der Waals surface area contributed by atoms with E-state index in [1.165, 1.54) is 36.5 Å². The molecule has 0 radical (unpaired) electrons. The first-order valence-corrected chi connectivity index (χ1v) is 8.79. The van der Waals surface area contributed by atoms with Gasteiger partial charge in [0.15, 0.2) is 11.6 Å². The zero-order valence-corrected chi connectivity index (χ0v) is 13.1. The van der Waals surface area contributed by atoms with Crippen LogP contribution in [0.1, 0.15) is 30.9 Å². The van der Waals surface area contributed by atoms with E-state index in [-0.39, 0.29) is 6.04 Å². The van der Waals surface area contributed by atoms with Gasteiger partial charge in [0.2, 0.25) is 0 Å². The molecule has 0 bridgehead atoms. The third-order valence-electron chi connectivity index (χ3n) is 4.61. The monoisotopic (exact) mass is 312 g/mol. The number of rotatable bonds is 3. The number of likely N-dealkylation sites (N-methyl/N-ethyl adjacent to an activating group) is 1. The van der Waals surface area contributed by atoms with E-state index < -0.39 is 11.6 Å². The summed E-state index contributed by atoms with van der Waals surface area (Å²) in [6.07, 6.45) is 3.47. The number of halogens is 2. The first-order chi connectivity index (χ1) is 10.1. The number of hydrogen-bond acceptors (Lipinski definition) is 3. The highest BCUT2D eigenvalue weighted by Crippen LogP contribution is 2.33. The molecule has 2 aliphatic rings. The quantitative estimate of drug-likeness (QED) is 0.923. The van der Waals surface area contributed by atoms with Crippen LogP contribution < -0.4 is 5.32 Å². The van der Waals surface area contributed by atoms with Crippen LogP contribution in [0.4, 0.5) is 8.78 Å². The Labute approximate surface area is 129 Å². The fraction of sp³-hybridized carbons (Fsp3) is 0.625. The molecule has 2 nitrogen and oxygen atoms in total. The number of hydrogen-bond donors (Lipinski definition) is 1. The van der Waals surface area contributed by atoms with E-state index in [4.69, 9.17) is 0 Å². The molecular weight excluding hydrogens is 290 g/mol. The third-order valence-corrected chi connectivity index (χ3v) is 5.65. The molecule has 2 aliphatic heterocycles. The molecule has 116 valence electrons. The molecule has 2 atom stereocenters. The topological polar surface area (TPSA) is 15.3 Å². The van der Waals surface area contributed by atoms with Crippen LogP contribution in [0.5, 0.6) is 0 Å². The summed E-state index contributed by atoms with van der Waals surface area (Å²) in [5.41, 5.74) is 0.872. The first kappa shape index (κ1) is 15.3. The van der Waals surface area contributed by atoms with Gasteiger partial charge in [0.1, 0.15) is 0 Å². The molecule has 2 unspecified atom stereocenters. The van der Waals surface area contributed by atoms with Crippen LogP contribution in [0.3, 0.4) is 0 Å². The van der Waals surface area contributed by atoms with E-state index in [9.17, 15) is 8.78 Å². The maximum atomic E-state index is 13.5. The minimum Gasteiger partial charge on any atom is -0.309 e. The molecule has 0 saturated carbocycles. The summed E-state index contributed by atoms with van der Waals surface area (Å²) in [4.78, 5) is 2.24. The van der Waals surface area contributed by atoms with Crippen LogP contribution in [0, 0.1) is 11.6 Å². The van der Waals surface area contributed by atoms with Crippen LogP contribution in [0.15, 0.2) is 18.2 Å². The molecule has 1 aromatic carbocycles. The highest BCUT2D eigenvalue weighted by Gasteiger charge is 2.34. The van der Waals surface area contributed by atoms with Crippen LogP contribution in [-0.4, -0.2) is 42.1 Å². The third kappa shape index (κ3) is 3.41. The van der Waals surface area contributed by atoms with Gasteiger partial charge in [-0.1, -0.05) is 6.07 Å². The molecule has 2 fully saturated rings. The number of thioether (sulfide) groups is 1. The summed E-state index contributed by atoms with van der Waals surface area (Å²) in [6.45, 7) is 0.989. The second-order valence-corrected chi connectivity index (χ2v) is 7.27. The van der Waals surface area contributed by atoms with Crippen molar-refractivity contribution in [2.24, 2.45) is 0 Å². The maximum absolute atomic E-state index is 13.5. The first-order valence-electron chi connectivity index (χ1n) is 7.64. The summed E-state index contributed by atoms with van der Waals surface area (Å²) in [6, 6.07) is 5.34. The Bertz CT molecular complexity index is 491. The second-order valence-electron chi connectivity index (χ2n) is 6.05. The molecule has 1 N–H and O–H groups in total. The van der Waals surface area contributed by atoms with Gasteiger partial charge in [-0.3, -0.25) is 4.90 Å². The molecular formula is C16H22F2N2S. The average molecular weight is 312 g/mol. The molecule has 0 amide bonds. The summed E-state index contributed by atoms with van der Waals surface area (Å²) in [5.74, 6) is 0.917. The van der Waals surface area contributed by atoms with Crippen molar-refractivity contribution in [2.75, 3.05) is 25.1 Å². The molecule has 1 aromatic rings. The minimum atomic E-state index is -0.770. The predicted molar refractivity (Wildman–Crippen MR) is 83.6 cm³/mol. The van der Waals surface area contributed by atoms with Gasteiger partial charge < -0.3 is 5.32 Å². The summed E-state index contributed by atoms with van der Waals surface area (Å²) >= 11 is 2.02. The Morgan fingerprint density at radius 2 is 1.90 bits per heavy atom. The van der Waals surface area contributed by atoms with Crippen molar-refractivity contribution >= 4 is 11.8 Å². The number of likely N-dealkylation sites (tertiary alicyclic amines) is 1. The van der Waals surface area contributed by atoms with E-state index in [1.807, 2.05) is 11.8 Å². The van der Waals surface area contributed by atoms with Gasteiger partial charge in [-0.05, 0) is 55.5 Å². The molecule has 2 saturated heterocycles. The molecule has 0 aromatic heterocycles. The fourth-order valence-corrected chi connectivity index (χ4v) is 4.58. The average Bonchev–Trinajstić information content (AvgIpc) is 2.84. The standard InChI is InChI=1S/C16H22F2N2S/c1-20-7-4-15(19-12-5-8-21-9-6-12)16(20)11-2-3-13(17)14(18)10-11/h2-3,10,12,15-16,19H,4-9H2,1H3. The summed E-state index contributed by atoms with van der Waals surface area (Å²) in [7, 11) is 2.06. The Hall–Kier alpha value is -0.650. The number of nitrogens with one attached hydrogen (secondary N) is 1. The lowest BCUT2D eigenvalue weighted by molar-refractivity contribution is 0.271. The lowest BCUT2D eigenvalue weighted by Crippen LogP contribution is -2.43. The molecule has 5 heteroatoms. The normalized spacial score (nSPS) is 28.1. The van der Waals surface area contributed by atoms with Gasteiger partial charge in [0, 0.05) is 24.7 Å². The number of nitrogens with zero attached hydrogens (tertiary/aromatic N) is 1. The predicted octanol–water partition coefficient (Wildman–Crippen LogP) is 3.20. The smallest absolute Gasteiger partial charge is 0.159 e. The van der Waals surface area contributed by atoms with Gasteiger partial charge >= 0.3 is 0 Å². The van der Waals surface area contributed by atoms with Crippen molar-refractivity contribution in [2.45, 2.75) is 37.4 Å². The van der Waals surface area contributed by atoms with Gasteiger partial charge in [-0.2, -0.15) is 11.8 Å². The summed E-state index contributed by atoms with van der Waals surface area (Å²) in [5, 5.41) is 3.76. The van der Waals surface area contributed by atoms with E-state index in [2.05, 4.69) is 17.3 Å². The largest absolute Gasteiger partial charge is 0.309 e. The lowest BCUT2D eigenvalue weighted by atomic mass is 9.98. The Balaban J connectivity index is 1.75. The van der Waals surface area contributed by atoms with Crippen molar-refractivity contribution < 1.29 is 8.78 Å². The zero-order chi connectivity index (χ0) is 14.8. The highest BCUT2D eigenvalue weighted by atomic mass is 32.2. The Morgan fingerprint density at radius 1 is 1.14 bits per heavy atom. The van der Waals surface area contributed by atoms with Crippen LogP contribution in [0.25, 0.3) is 0 Å². The van der Waals surface area contributed by atoms with Gasteiger partial charge in [0.25, 0.3) is 0 Å². The van der Waals surface area contributed by atoms with Gasteiger partial charge in [0.05, 0.1) is 0 Å². The summed E-state index contributed by atoms with van der Waals surface area (Å²) < 4.78 is 26.7. The second kappa shape index (κ2) is 6.63. The van der Waals surface area contributed by atoms with E-state index in [0.717, 1.165) is 18.5 Å². The van der Waals surface area contributed by atoms with Crippen molar-refractivity contribution in [3.8, 4) is 0 Å². The number of benzene rings is 1. The van der Waals surface area contributed by atoms with Crippen molar-refractivity contribution in [3.05, 3.63) is 35.4 Å². The van der Waals surface area contributed by atoms with Gasteiger partial charge in [-0.15, -0.1) is 0 Å². The Kier molecular flexibility index (Phi) is 4.82. The molecule has 0 spiro atoms. The molecule has 3 rings (SSSR count).